The van der Waals surface area contributed by atoms with Crippen LogP contribution in [-0.4, -0.2) is 22.4 Å². The van der Waals surface area contributed by atoms with Crippen LogP contribution in [0.1, 0.15) is 47.8 Å². The largest absolute Gasteiger partial charge is 0.351 e. The summed E-state index contributed by atoms with van der Waals surface area (Å²) < 4.78 is 0. The highest BCUT2D eigenvalue weighted by molar-refractivity contribution is 5.92. The third kappa shape index (κ3) is 5.36. The molecule has 0 unspecified atom stereocenters. The van der Waals surface area contributed by atoms with Crippen LogP contribution < -0.4 is 10.6 Å². The minimum atomic E-state index is -0.160. The lowest BCUT2D eigenvalue weighted by Crippen LogP contribution is -2.25. The van der Waals surface area contributed by atoms with Gasteiger partial charge in [0.25, 0.3) is 5.91 Å². The number of hydrogen-bond donors (Lipinski definition) is 2. The van der Waals surface area contributed by atoms with E-state index >= 15 is 0 Å². The molecule has 0 saturated heterocycles. The van der Waals surface area contributed by atoms with E-state index in [1.807, 2.05) is 26.0 Å². The molecule has 1 heterocycles. The molecule has 2 aromatic rings. The standard InChI is InChI=1S/C18H24N4O/c1-4-5-6-8-19-17(23)16-7-9-20-18(22-16)21-15-11-13(2)10-14(3)12-15/h7,9-12H,4-6,8H2,1-3H3,(H,19,23)(H,20,21,22). The van der Waals surface area contributed by atoms with Crippen LogP contribution >= 0.6 is 0 Å². The Kier molecular flexibility index (Phi) is 6.09. The molecule has 1 aromatic heterocycles. The molecule has 5 heteroatoms. The van der Waals surface area contributed by atoms with Crippen LogP contribution in [0.15, 0.2) is 30.5 Å². The Hall–Kier alpha value is -2.43. The average Bonchev–Trinajstić information content (AvgIpc) is 2.50. The number of rotatable bonds is 7. The molecule has 0 atom stereocenters. The average molecular weight is 312 g/mol. The van der Waals surface area contributed by atoms with Crippen LogP contribution in [0.3, 0.4) is 0 Å². The summed E-state index contributed by atoms with van der Waals surface area (Å²) in [6, 6.07) is 7.77. The van der Waals surface area contributed by atoms with Gasteiger partial charge in [0, 0.05) is 18.4 Å². The summed E-state index contributed by atoms with van der Waals surface area (Å²) in [5, 5.41) is 6.04. The van der Waals surface area contributed by atoms with Gasteiger partial charge < -0.3 is 10.6 Å². The maximum atomic E-state index is 12.1. The van der Waals surface area contributed by atoms with Crippen molar-refractivity contribution in [2.75, 3.05) is 11.9 Å². The Morgan fingerprint density at radius 2 is 1.87 bits per heavy atom. The maximum Gasteiger partial charge on any atom is 0.270 e. The number of carbonyl (C=O) groups is 1. The zero-order valence-corrected chi connectivity index (χ0v) is 14.0. The topological polar surface area (TPSA) is 66.9 Å². The van der Waals surface area contributed by atoms with Gasteiger partial charge >= 0.3 is 0 Å². The van der Waals surface area contributed by atoms with E-state index in [2.05, 4.69) is 33.6 Å². The molecule has 0 fully saturated rings. The lowest BCUT2D eigenvalue weighted by Gasteiger charge is -2.09. The Balaban J connectivity index is 2.03. The Morgan fingerprint density at radius 1 is 1.13 bits per heavy atom. The van der Waals surface area contributed by atoms with E-state index in [1.165, 1.54) is 0 Å². The third-order valence-electron chi connectivity index (χ3n) is 3.43. The molecule has 1 aromatic carbocycles. The predicted molar refractivity (Wildman–Crippen MR) is 93.1 cm³/mol. The van der Waals surface area contributed by atoms with Gasteiger partial charge in [-0.15, -0.1) is 0 Å². The molecule has 0 radical (unpaired) electrons. The molecule has 0 bridgehead atoms. The zero-order chi connectivity index (χ0) is 16.7. The van der Waals surface area contributed by atoms with Crippen molar-refractivity contribution >= 4 is 17.5 Å². The van der Waals surface area contributed by atoms with Crippen molar-refractivity contribution in [3.63, 3.8) is 0 Å². The summed E-state index contributed by atoms with van der Waals surface area (Å²) >= 11 is 0. The molecule has 23 heavy (non-hydrogen) atoms. The Morgan fingerprint density at radius 3 is 2.57 bits per heavy atom. The highest BCUT2D eigenvalue weighted by atomic mass is 16.1. The third-order valence-corrected chi connectivity index (χ3v) is 3.43. The van der Waals surface area contributed by atoms with Crippen molar-refractivity contribution in [3.8, 4) is 0 Å². The van der Waals surface area contributed by atoms with E-state index < -0.39 is 0 Å². The predicted octanol–water partition coefficient (Wildman–Crippen LogP) is 3.76. The maximum absolute atomic E-state index is 12.1. The SMILES string of the molecule is CCCCCNC(=O)c1ccnc(Nc2cc(C)cc(C)c2)n1. The van der Waals surface area contributed by atoms with Crippen molar-refractivity contribution in [2.24, 2.45) is 0 Å². The quantitative estimate of drug-likeness (QED) is 0.764. The number of nitrogens with zero attached hydrogens (tertiary/aromatic N) is 2. The van der Waals surface area contributed by atoms with E-state index in [1.54, 1.807) is 12.3 Å². The summed E-state index contributed by atoms with van der Waals surface area (Å²) in [7, 11) is 0. The molecule has 0 aliphatic rings. The molecule has 0 aliphatic carbocycles. The number of hydrogen-bond acceptors (Lipinski definition) is 4. The van der Waals surface area contributed by atoms with Crippen LogP contribution in [0.2, 0.25) is 0 Å². The molecule has 2 rings (SSSR count). The number of aryl methyl sites for hydroxylation is 2. The van der Waals surface area contributed by atoms with Gasteiger partial charge in [-0.1, -0.05) is 25.8 Å². The summed E-state index contributed by atoms with van der Waals surface area (Å²) in [6.45, 7) is 6.89. The van der Waals surface area contributed by atoms with E-state index in [0.29, 0.717) is 18.2 Å². The fraction of sp³-hybridized carbons (Fsp3) is 0.389. The van der Waals surface area contributed by atoms with E-state index in [0.717, 1.165) is 36.1 Å². The van der Waals surface area contributed by atoms with Gasteiger partial charge in [0.2, 0.25) is 5.95 Å². The number of unbranched alkanes of at least 4 members (excludes halogenated alkanes) is 2. The number of anilines is 2. The monoisotopic (exact) mass is 312 g/mol. The van der Waals surface area contributed by atoms with Gasteiger partial charge in [-0.05, 0) is 49.6 Å². The van der Waals surface area contributed by atoms with Crippen molar-refractivity contribution < 1.29 is 4.79 Å². The number of benzene rings is 1. The normalized spacial score (nSPS) is 10.4. The smallest absolute Gasteiger partial charge is 0.270 e. The van der Waals surface area contributed by atoms with Crippen molar-refractivity contribution in [1.82, 2.24) is 15.3 Å². The van der Waals surface area contributed by atoms with Gasteiger partial charge in [0.05, 0.1) is 0 Å². The van der Waals surface area contributed by atoms with Crippen LogP contribution in [0.25, 0.3) is 0 Å². The first-order valence-corrected chi connectivity index (χ1v) is 8.05. The highest BCUT2D eigenvalue weighted by Crippen LogP contribution is 2.17. The highest BCUT2D eigenvalue weighted by Gasteiger charge is 2.08. The van der Waals surface area contributed by atoms with Crippen molar-refractivity contribution in [3.05, 3.63) is 47.3 Å². The molecule has 2 N–H and O–H groups in total. The summed E-state index contributed by atoms with van der Waals surface area (Å²) in [6.07, 6.45) is 4.83. The number of amides is 1. The first kappa shape index (κ1) is 16.9. The molecular formula is C18H24N4O. The zero-order valence-electron chi connectivity index (χ0n) is 14.0. The van der Waals surface area contributed by atoms with Gasteiger partial charge in [0.1, 0.15) is 5.69 Å². The fourth-order valence-electron chi connectivity index (χ4n) is 2.39. The second-order valence-electron chi connectivity index (χ2n) is 5.73. The second kappa shape index (κ2) is 8.27. The first-order chi connectivity index (χ1) is 11.1. The molecular weight excluding hydrogens is 288 g/mol. The Bertz CT molecular complexity index is 650. The Labute approximate surface area is 137 Å². The van der Waals surface area contributed by atoms with Gasteiger partial charge in [-0.2, -0.15) is 0 Å². The van der Waals surface area contributed by atoms with Gasteiger partial charge in [0.15, 0.2) is 0 Å². The van der Waals surface area contributed by atoms with Crippen LogP contribution in [0.4, 0.5) is 11.6 Å². The number of aromatic nitrogens is 2. The fourth-order valence-corrected chi connectivity index (χ4v) is 2.39. The van der Waals surface area contributed by atoms with E-state index in [9.17, 15) is 4.79 Å². The van der Waals surface area contributed by atoms with Crippen LogP contribution in [-0.2, 0) is 0 Å². The first-order valence-electron chi connectivity index (χ1n) is 8.05. The van der Waals surface area contributed by atoms with E-state index in [4.69, 9.17) is 0 Å². The van der Waals surface area contributed by atoms with Crippen LogP contribution in [0, 0.1) is 13.8 Å². The van der Waals surface area contributed by atoms with Crippen molar-refractivity contribution in [1.29, 1.82) is 0 Å². The molecule has 122 valence electrons. The summed E-state index contributed by atoms with van der Waals surface area (Å²) in [4.78, 5) is 20.6. The second-order valence-corrected chi connectivity index (χ2v) is 5.73. The molecule has 5 nitrogen and oxygen atoms in total. The number of carbonyl (C=O) groups excluding carboxylic acids is 1. The lowest BCUT2D eigenvalue weighted by molar-refractivity contribution is 0.0948. The molecule has 0 spiro atoms. The van der Waals surface area contributed by atoms with Gasteiger partial charge in [-0.25, -0.2) is 9.97 Å². The lowest BCUT2D eigenvalue weighted by atomic mass is 10.1. The summed E-state index contributed by atoms with van der Waals surface area (Å²) in [5.74, 6) is 0.267. The number of nitrogens with one attached hydrogen (secondary N) is 2. The van der Waals surface area contributed by atoms with Crippen LogP contribution in [0.5, 0.6) is 0 Å². The van der Waals surface area contributed by atoms with Gasteiger partial charge in [-0.3, -0.25) is 4.79 Å². The molecule has 1 amide bonds. The molecule has 0 aliphatic heterocycles. The van der Waals surface area contributed by atoms with E-state index in [-0.39, 0.29) is 5.91 Å². The minimum absolute atomic E-state index is 0.160. The summed E-state index contributed by atoms with van der Waals surface area (Å²) in [5.41, 5.74) is 3.63. The minimum Gasteiger partial charge on any atom is -0.351 e. The molecule has 0 saturated carbocycles. The van der Waals surface area contributed by atoms with Crippen molar-refractivity contribution in [2.45, 2.75) is 40.0 Å².